The molecule has 1 heterocycles. The SMILES string of the molecule is NCc1ccccc1CNc1nnc2ccccc2n1. The third-order valence-electron chi connectivity index (χ3n) is 3.14. The summed E-state index contributed by atoms with van der Waals surface area (Å²) in [6.07, 6.45) is 0. The van der Waals surface area contributed by atoms with Gasteiger partial charge in [0.2, 0.25) is 5.95 Å². The Labute approximate surface area is 116 Å². The van der Waals surface area contributed by atoms with Crippen molar-refractivity contribution in [1.82, 2.24) is 15.2 Å². The summed E-state index contributed by atoms with van der Waals surface area (Å²) in [6, 6.07) is 15.7. The van der Waals surface area contributed by atoms with Crippen molar-refractivity contribution in [3.05, 3.63) is 59.7 Å². The Morgan fingerprint density at radius 2 is 1.55 bits per heavy atom. The standard InChI is InChI=1S/C15H15N5/c16-9-11-5-1-2-6-12(11)10-17-15-18-13-7-3-4-8-14(13)19-20-15/h1-8H,9-10,16H2,(H,17,18,20). The lowest BCUT2D eigenvalue weighted by atomic mass is 10.1. The first-order valence-corrected chi connectivity index (χ1v) is 6.47. The second-order valence-electron chi connectivity index (χ2n) is 4.45. The van der Waals surface area contributed by atoms with Gasteiger partial charge in [0.05, 0.1) is 5.52 Å². The van der Waals surface area contributed by atoms with Gasteiger partial charge in [-0.2, -0.15) is 0 Å². The van der Waals surface area contributed by atoms with Crippen LogP contribution in [-0.2, 0) is 13.1 Å². The normalized spacial score (nSPS) is 10.7. The quantitative estimate of drug-likeness (QED) is 0.755. The van der Waals surface area contributed by atoms with Crippen LogP contribution in [0.15, 0.2) is 48.5 Å². The fourth-order valence-electron chi connectivity index (χ4n) is 2.06. The molecule has 3 N–H and O–H groups in total. The molecular weight excluding hydrogens is 250 g/mol. The van der Waals surface area contributed by atoms with Crippen LogP contribution in [-0.4, -0.2) is 15.2 Å². The van der Waals surface area contributed by atoms with Crippen LogP contribution in [0.5, 0.6) is 0 Å². The first kappa shape index (κ1) is 12.5. The number of rotatable bonds is 4. The maximum absolute atomic E-state index is 5.72. The van der Waals surface area contributed by atoms with Crippen molar-refractivity contribution in [2.24, 2.45) is 5.73 Å². The van der Waals surface area contributed by atoms with Crippen LogP contribution in [0.2, 0.25) is 0 Å². The molecule has 0 amide bonds. The minimum absolute atomic E-state index is 0.523. The summed E-state index contributed by atoms with van der Waals surface area (Å²) in [7, 11) is 0. The van der Waals surface area contributed by atoms with Gasteiger partial charge in [-0.3, -0.25) is 0 Å². The number of anilines is 1. The molecule has 0 fully saturated rings. The molecule has 5 heteroatoms. The molecule has 20 heavy (non-hydrogen) atoms. The van der Waals surface area contributed by atoms with Gasteiger partial charge in [0.15, 0.2) is 0 Å². The van der Waals surface area contributed by atoms with Crippen LogP contribution in [0.1, 0.15) is 11.1 Å². The van der Waals surface area contributed by atoms with E-state index in [4.69, 9.17) is 5.73 Å². The Hall–Kier alpha value is -2.53. The van der Waals surface area contributed by atoms with E-state index in [2.05, 4.69) is 20.5 Å². The highest BCUT2D eigenvalue weighted by atomic mass is 15.2. The third kappa shape index (κ3) is 2.57. The molecule has 3 aromatic rings. The number of nitrogens with zero attached hydrogens (tertiary/aromatic N) is 3. The Kier molecular flexibility index (Phi) is 3.52. The van der Waals surface area contributed by atoms with Crippen LogP contribution < -0.4 is 11.1 Å². The Balaban J connectivity index is 1.79. The van der Waals surface area contributed by atoms with Crippen LogP contribution in [0.25, 0.3) is 11.0 Å². The molecule has 1 aromatic heterocycles. The summed E-state index contributed by atoms with van der Waals surface area (Å²) in [5.74, 6) is 0.524. The summed E-state index contributed by atoms with van der Waals surface area (Å²) >= 11 is 0. The predicted molar refractivity (Wildman–Crippen MR) is 79.0 cm³/mol. The molecule has 0 radical (unpaired) electrons. The average molecular weight is 265 g/mol. The molecule has 0 bridgehead atoms. The number of hydrogen-bond donors (Lipinski definition) is 2. The minimum Gasteiger partial charge on any atom is -0.349 e. The van der Waals surface area contributed by atoms with Crippen LogP contribution >= 0.6 is 0 Å². The maximum Gasteiger partial charge on any atom is 0.243 e. The van der Waals surface area contributed by atoms with Crippen molar-refractivity contribution in [3.8, 4) is 0 Å². The van der Waals surface area contributed by atoms with Crippen LogP contribution in [0, 0.1) is 0 Å². The van der Waals surface area contributed by atoms with Gasteiger partial charge >= 0.3 is 0 Å². The second kappa shape index (κ2) is 5.63. The topological polar surface area (TPSA) is 76.7 Å². The lowest BCUT2D eigenvalue weighted by Crippen LogP contribution is -2.08. The van der Waals surface area contributed by atoms with E-state index in [-0.39, 0.29) is 0 Å². The fourth-order valence-corrected chi connectivity index (χ4v) is 2.06. The van der Waals surface area contributed by atoms with E-state index in [1.54, 1.807) is 0 Å². The molecule has 5 nitrogen and oxygen atoms in total. The molecular formula is C15H15N5. The second-order valence-corrected chi connectivity index (χ2v) is 4.45. The lowest BCUT2D eigenvalue weighted by molar-refractivity contribution is 0.961. The summed E-state index contributed by atoms with van der Waals surface area (Å²) < 4.78 is 0. The molecule has 0 spiro atoms. The van der Waals surface area contributed by atoms with Gasteiger partial charge in [0, 0.05) is 13.1 Å². The van der Waals surface area contributed by atoms with Crippen LogP contribution in [0.4, 0.5) is 5.95 Å². The Morgan fingerprint density at radius 1 is 0.850 bits per heavy atom. The number of fused-ring (bicyclic) bond motifs is 1. The Bertz CT molecular complexity index is 726. The van der Waals surface area contributed by atoms with E-state index >= 15 is 0 Å². The molecule has 0 atom stereocenters. The highest BCUT2D eigenvalue weighted by Gasteiger charge is 2.03. The maximum atomic E-state index is 5.72. The van der Waals surface area contributed by atoms with Gasteiger partial charge in [-0.05, 0) is 23.3 Å². The van der Waals surface area contributed by atoms with E-state index in [1.807, 2.05) is 48.5 Å². The molecule has 0 saturated carbocycles. The third-order valence-corrected chi connectivity index (χ3v) is 3.14. The van der Waals surface area contributed by atoms with Gasteiger partial charge in [0.1, 0.15) is 5.52 Å². The van der Waals surface area contributed by atoms with E-state index in [9.17, 15) is 0 Å². The van der Waals surface area contributed by atoms with Gasteiger partial charge in [-0.25, -0.2) is 4.98 Å². The number of aromatic nitrogens is 3. The minimum atomic E-state index is 0.523. The summed E-state index contributed by atoms with van der Waals surface area (Å²) in [4.78, 5) is 4.43. The van der Waals surface area contributed by atoms with Crippen molar-refractivity contribution in [2.75, 3.05) is 5.32 Å². The zero-order chi connectivity index (χ0) is 13.8. The molecule has 0 saturated heterocycles. The molecule has 0 aliphatic heterocycles. The van der Waals surface area contributed by atoms with E-state index in [0.29, 0.717) is 19.0 Å². The first-order valence-electron chi connectivity index (χ1n) is 6.47. The average Bonchev–Trinajstić information content (AvgIpc) is 2.53. The van der Waals surface area contributed by atoms with E-state index < -0.39 is 0 Å². The lowest BCUT2D eigenvalue weighted by Gasteiger charge is -2.08. The summed E-state index contributed by atoms with van der Waals surface area (Å²) in [6.45, 7) is 1.15. The van der Waals surface area contributed by atoms with Gasteiger partial charge in [-0.15, -0.1) is 10.2 Å². The monoisotopic (exact) mass is 265 g/mol. The number of nitrogens with one attached hydrogen (secondary N) is 1. The molecule has 100 valence electrons. The van der Waals surface area contributed by atoms with Crippen molar-refractivity contribution in [1.29, 1.82) is 0 Å². The summed E-state index contributed by atoms with van der Waals surface area (Å²) in [5.41, 5.74) is 9.61. The molecule has 0 aliphatic carbocycles. The zero-order valence-electron chi connectivity index (χ0n) is 11.0. The van der Waals surface area contributed by atoms with Crippen LogP contribution in [0.3, 0.4) is 0 Å². The number of benzene rings is 2. The molecule has 0 aliphatic rings. The van der Waals surface area contributed by atoms with Gasteiger partial charge in [0.25, 0.3) is 0 Å². The largest absolute Gasteiger partial charge is 0.349 e. The highest BCUT2D eigenvalue weighted by Crippen LogP contribution is 2.12. The molecule has 3 rings (SSSR count). The number of hydrogen-bond acceptors (Lipinski definition) is 5. The number of para-hydroxylation sites is 1. The Morgan fingerprint density at radius 3 is 2.35 bits per heavy atom. The highest BCUT2D eigenvalue weighted by molar-refractivity contribution is 5.74. The van der Waals surface area contributed by atoms with Crippen molar-refractivity contribution < 1.29 is 0 Å². The van der Waals surface area contributed by atoms with Crippen molar-refractivity contribution in [3.63, 3.8) is 0 Å². The molecule has 2 aromatic carbocycles. The van der Waals surface area contributed by atoms with E-state index in [0.717, 1.165) is 22.2 Å². The van der Waals surface area contributed by atoms with Crippen molar-refractivity contribution >= 4 is 17.0 Å². The van der Waals surface area contributed by atoms with Gasteiger partial charge < -0.3 is 11.1 Å². The smallest absolute Gasteiger partial charge is 0.243 e. The molecule has 0 unspecified atom stereocenters. The van der Waals surface area contributed by atoms with Gasteiger partial charge in [-0.1, -0.05) is 36.4 Å². The first-order chi connectivity index (χ1) is 9.86. The number of nitrogens with two attached hydrogens (primary N) is 1. The predicted octanol–water partition coefficient (Wildman–Crippen LogP) is 2.10. The van der Waals surface area contributed by atoms with Crippen molar-refractivity contribution in [2.45, 2.75) is 13.1 Å². The zero-order valence-corrected chi connectivity index (χ0v) is 11.0. The van der Waals surface area contributed by atoms with E-state index in [1.165, 1.54) is 0 Å². The fraction of sp³-hybridized carbons (Fsp3) is 0.133. The summed E-state index contributed by atoms with van der Waals surface area (Å²) in [5, 5.41) is 11.4.